The molecule has 0 spiro atoms. The number of carbonyl (C=O) groups excluding carboxylic acids is 1. The molecular formula is C44H37IrN2O2-. The molecule has 5 heteroatoms. The van der Waals surface area contributed by atoms with E-state index < -0.39 is 0 Å². The zero-order valence-electron chi connectivity index (χ0n) is 28.2. The second kappa shape index (κ2) is 13.4. The van der Waals surface area contributed by atoms with Gasteiger partial charge in [-0.25, -0.2) is 0 Å². The van der Waals surface area contributed by atoms with Crippen LogP contribution in [0.3, 0.4) is 0 Å². The third-order valence-electron chi connectivity index (χ3n) is 8.78. The predicted molar refractivity (Wildman–Crippen MR) is 202 cm³/mol. The summed E-state index contributed by atoms with van der Waals surface area (Å²) in [7, 11) is 0. The van der Waals surface area contributed by atoms with Gasteiger partial charge in [-0.15, -0.1) is 29.1 Å². The van der Waals surface area contributed by atoms with Crippen molar-refractivity contribution in [3.63, 3.8) is 0 Å². The van der Waals surface area contributed by atoms with Crippen molar-refractivity contribution in [1.82, 2.24) is 9.38 Å². The van der Waals surface area contributed by atoms with Crippen molar-refractivity contribution in [3.05, 3.63) is 145 Å². The number of aliphatic hydroxyl groups is 1. The Labute approximate surface area is 299 Å². The standard InChI is InChI=1S/C39H29N2.C5H8O2.Ir/c1-39(2,3)34-24-26(23-25-13-4-5-14-27(25)34)38-40-35-21-12-20-33-31-18-9-7-16-29(31)28-15-6-8-17-30(28)32-19-10-11-22-36(32)41(38)37(33)35;1-4(6)3-5(2)7;/h4-22,24H,1-3H3;3,6H,1-2H3;/q-1;;/b;4-3-;. The number of carbonyl (C=O) groups is 1. The van der Waals surface area contributed by atoms with E-state index in [0.29, 0.717) is 0 Å². The van der Waals surface area contributed by atoms with Crippen molar-refractivity contribution in [3.8, 4) is 11.4 Å². The molecule has 0 saturated carbocycles. The number of para-hydroxylation sites is 2. The first-order valence-electron chi connectivity index (χ1n) is 16.3. The number of allylic oxidation sites excluding steroid dienone is 2. The first-order valence-corrected chi connectivity index (χ1v) is 16.3. The smallest absolute Gasteiger partial charge is 0.155 e. The van der Waals surface area contributed by atoms with Gasteiger partial charge >= 0.3 is 0 Å². The van der Waals surface area contributed by atoms with Gasteiger partial charge in [-0.3, -0.25) is 9.78 Å². The summed E-state index contributed by atoms with van der Waals surface area (Å²) in [6.45, 7) is 9.70. The van der Waals surface area contributed by atoms with E-state index in [1.165, 1.54) is 63.2 Å². The van der Waals surface area contributed by atoms with Gasteiger partial charge in [-0.05, 0) is 52.9 Å². The minimum absolute atomic E-state index is 0. The average molecular weight is 818 g/mol. The van der Waals surface area contributed by atoms with Crippen LogP contribution in [-0.4, -0.2) is 20.3 Å². The fraction of sp³-hybridized carbons (Fsp3) is 0.136. The van der Waals surface area contributed by atoms with Gasteiger partial charge in [0.15, 0.2) is 5.78 Å². The average Bonchev–Trinajstić information content (AvgIpc) is 3.48. The Morgan fingerprint density at radius 2 is 1.20 bits per heavy atom. The van der Waals surface area contributed by atoms with Gasteiger partial charge in [0, 0.05) is 42.5 Å². The second-order valence-electron chi connectivity index (χ2n) is 13.3. The third kappa shape index (κ3) is 6.28. The van der Waals surface area contributed by atoms with Crippen LogP contribution >= 0.6 is 0 Å². The zero-order valence-corrected chi connectivity index (χ0v) is 30.6. The van der Waals surface area contributed by atoms with Crippen LogP contribution < -0.4 is 0 Å². The monoisotopic (exact) mass is 818 g/mol. The van der Waals surface area contributed by atoms with Gasteiger partial charge in [0.05, 0.1) is 22.6 Å². The normalized spacial score (nSPS) is 11.9. The molecule has 245 valence electrons. The first kappa shape index (κ1) is 33.8. The van der Waals surface area contributed by atoms with E-state index in [2.05, 4.69) is 153 Å². The van der Waals surface area contributed by atoms with Crippen molar-refractivity contribution in [2.75, 3.05) is 0 Å². The Bertz CT molecular complexity index is 2600. The molecule has 0 atom stereocenters. The molecule has 0 aliphatic heterocycles. The molecule has 0 unspecified atom stereocenters. The number of imidazole rings is 1. The van der Waals surface area contributed by atoms with E-state index in [4.69, 9.17) is 10.1 Å². The van der Waals surface area contributed by atoms with Crippen molar-refractivity contribution in [2.45, 2.75) is 40.0 Å². The van der Waals surface area contributed by atoms with Gasteiger partial charge in [0.25, 0.3) is 0 Å². The van der Waals surface area contributed by atoms with Crippen LogP contribution in [0.15, 0.2) is 133 Å². The van der Waals surface area contributed by atoms with Gasteiger partial charge in [-0.2, -0.15) is 0 Å². The summed E-state index contributed by atoms with van der Waals surface area (Å²) < 4.78 is 2.38. The molecule has 0 fully saturated rings. The summed E-state index contributed by atoms with van der Waals surface area (Å²) in [4.78, 5) is 15.4. The molecule has 0 aliphatic rings. The summed E-state index contributed by atoms with van der Waals surface area (Å²) in [6.07, 6.45) is 1.17. The minimum Gasteiger partial charge on any atom is -0.512 e. The Balaban J connectivity index is 0.000000474. The minimum atomic E-state index is -0.125. The summed E-state index contributed by atoms with van der Waals surface area (Å²) in [6, 6.07) is 47.5. The van der Waals surface area contributed by atoms with Crippen LogP contribution in [-0.2, 0) is 30.3 Å². The maximum atomic E-state index is 10.0. The molecular weight excluding hydrogens is 781 g/mol. The van der Waals surface area contributed by atoms with E-state index >= 15 is 0 Å². The van der Waals surface area contributed by atoms with Crippen LogP contribution in [0.1, 0.15) is 40.2 Å². The quantitative estimate of drug-likeness (QED) is 0.107. The van der Waals surface area contributed by atoms with Crippen LogP contribution in [0.25, 0.3) is 71.0 Å². The number of fused-ring (bicyclic) bond motifs is 8. The Kier molecular flexibility index (Phi) is 9.26. The summed E-state index contributed by atoms with van der Waals surface area (Å²) in [5, 5.41) is 18.0. The van der Waals surface area contributed by atoms with E-state index in [0.717, 1.165) is 33.3 Å². The number of aromatic nitrogens is 2. The van der Waals surface area contributed by atoms with Gasteiger partial charge < -0.3 is 9.51 Å². The molecule has 0 amide bonds. The molecule has 49 heavy (non-hydrogen) atoms. The van der Waals surface area contributed by atoms with E-state index in [1.807, 2.05) is 0 Å². The molecule has 8 aromatic rings. The Morgan fingerprint density at radius 3 is 1.78 bits per heavy atom. The molecule has 2 heterocycles. The van der Waals surface area contributed by atoms with Gasteiger partial charge in [-0.1, -0.05) is 129 Å². The fourth-order valence-electron chi connectivity index (χ4n) is 6.83. The molecule has 0 aliphatic carbocycles. The topological polar surface area (TPSA) is 54.6 Å². The Hall–Kier alpha value is -5.09. The molecule has 1 radical (unpaired) electrons. The largest absolute Gasteiger partial charge is 0.512 e. The number of ketones is 1. The van der Waals surface area contributed by atoms with E-state index in [9.17, 15) is 4.79 Å². The van der Waals surface area contributed by atoms with E-state index in [1.54, 1.807) is 0 Å². The fourth-order valence-corrected chi connectivity index (χ4v) is 6.83. The molecule has 0 saturated heterocycles. The molecule has 4 nitrogen and oxygen atoms in total. The number of aliphatic hydroxyl groups excluding tert-OH is 1. The molecule has 0 bridgehead atoms. The number of nitrogens with zero attached hydrogens (tertiary/aromatic N) is 2. The van der Waals surface area contributed by atoms with Crippen molar-refractivity contribution < 1.29 is 30.0 Å². The number of rotatable bonds is 2. The first-order chi connectivity index (χ1) is 23.1. The second-order valence-corrected chi connectivity index (χ2v) is 13.3. The SMILES string of the molecule is CC(=O)/C=C(/C)O.CC(C)(C)c1cc(-c2nc3cccc4c5ccccc5c5ccccc5c5ccccc5n2c34)[c-]c2ccccc12.[Ir]. The number of benzene rings is 6. The van der Waals surface area contributed by atoms with Crippen molar-refractivity contribution in [2.24, 2.45) is 0 Å². The molecule has 8 rings (SSSR count). The van der Waals surface area contributed by atoms with E-state index in [-0.39, 0.29) is 37.1 Å². The summed E-state index contributed by atoms with van der Waals surface area (Å²) in [5.74, 6) is 0.848. The zero-order chi connectivity index (χ0) is 33.6. The number of hydrogen-bond acceptors (Lipinski definition) is 3. The van der Waals surface area contributed by atoms with Crippen LogP contribution in [0.2, 0.25) is 0 Å². The third-order valence-corrected chi connectivity index (χ3v) is 8.78. The maximum absolute atomic E-state index is 10.0. The number of hydrogen-bond donors (Lipinski definition) is 1. The van der Waals surface area contributed by atoms with Crippen LogP contribution in [0.5, 0.6) is 0 Å². The molecule has 1 N–H and O–H groups in total. The Morgan fingerprint density at radius 1 is 0.694 bits per heavy atom. The predicted octanol–water partition coefficient (Wildman–Crippen LogP) is 11.5. The van der Waals surface area contributed by atoms with Gasteiger partial charge in [0.2, 0.25) is 0 Å². The van der Waals surface area contributed by atoms with Crippen LogP contribution in [0, 0.1) is 6.07 Å². The van der Waals surface area contributed by atoms with Crippen LogP contribution in [0.4, 0.5) is 0 Å². The molecule has 2 aromatic heterocycles. The summed E-state index contributed by atoms with van der Waals surface area (Å²) in [5.41, 5.74) is 5.49. The maximum Gasteiger partial charge on any atom is 0.155 e. The van der Waals surface area contributed by atoms with Crippen molar-refractivity contribution >= 4 is 65.4 Å². The van der Waals surface area contributed by atoms with Gasteiger partial charge in [0.1, 0.15) is 0 Å². The summed E-state index contributed by atoms with van der Waals surface area (Å²) >= 11 is 0. The van der Waals surface area contributed by atoms with Crippen molar-refractivity contribution in [1.29, 1.82) is 0 Å². The molecule has 6 aromatic carbocycles.